The van der Waals surface area contributed by atoms with E-state index < -0.39 is 0 Å². The molecule has 0 spiro atoms. The number of nitrogens with one attached hydrogen (secondary N) is 1. The lowest BCUT2D eigenvalue weighted by Crippen LogP contribution is -2.37. The Morgan fingerprint density at radius 1 is 1.03 bits per heavy atom. The van der Waals surface area contributed by atoms with Gasteiger partial charge in [0.05, 0.1) is 17.4 Å². The van der Waals surface area contributed by atoms with Gasteiger partial charge in [-0.1, -0.05) is 48.0 Å². The number of nitrogens with zero attached hydrogens (tertiary/aromatic N) is 4. The van der Waals surface area contributed by atoms with Gasteiger partial charge in [-0.25, -0.2) is 0 Å². The summed E-state index contributed by atoms with van der Waals surface area (Å²) in [6.07, 6.45) is 2.42. The molecule has 6 heteroatoms. The van der Waals surface area contributed by atoms with Gasteiger partial charge in [-0.15, -0.1) is 5.10 Å². The van der Waals surface area contributed by atoms with Crippen LogP contribution < -0.4 is 5.32 Å². The summed E-state index contributed by atoms with van der Waals surface area (Å²) in [5.74, 6) is -0.177. The Labute approximate surface area is 177 Å². The van der Waals surface area contributed by atoms with Gasteiger partial charge in [-0.05, 0) is 63.9 Å². The number of aryl methyl sites for hydroxylation is 3. The molecule has 4 rings (SSSR count). The van der Waals surface area contributed by atoms with E-state index in [-0.39, 0.29) is 11.9 Å². The second-order valence-electron chi connectivity index (χ2n) is 8.09. The van der Waals surface area contributed by atoms with Crippen LogP contribution in [0, 0.1) is 20.8 Å². The van der Waals surface area contributed by atoms with Crippen molar-refractivity contribution in [3.8, 4) is 5.69 Å². The minimum atomic E-state index is -0.177. The molecule has 6 nitrogen and oxygen atoms in total. The highest BCUT2D eigenvalue weighted by Gasteiger charge is 2.25. The Bertz CT molecular complexity index is 1020. The molecule has 1 aliphatic rings. The number of hydrogen-bond donors (Lipinski definition) is 1. The number of likely N-dealkylation sites (tertiary alicyclic amines) is 1. The van der Waals surface area contributed by atoms with Crippen LogP contribution in [0.1, 0.15) is 51.8 Å². The van der Waals surface area contributed by atoms with Crippen molar-refractivity contribution in [2.45, 2.75) is 39.7 Å². The van der Waals surface area contributed by atoms with Gasteiger partial charge in [0, 0.05) is 6.54 Å². The number of amides is 1. The van der Waals surface area contributed by atoms with E-state index in [0.717, 1.165) is 24.3 Å². The lowest BCUT2D eigenvalue weighted by atomic mass is 10.1. The molecule has 1 unspecified atom stereocenters. The minimum Gasteiger partial charge on any atom is -0.349 e. The number of rotatable bonds is 6. The first kappa shape index (κ1) is 20.3. The maximum atomic E-state index is 13.0. The standard InChI is InChI=1S/C24H29N5O/c1-17-11-12-21(18(2)15-17)29-26-19(3)23(27-29)24(30)25-16-22(28-13-7-8-14-28)20-9-5-4-6-10-20/h4-6,9-12,15,22H,7-8,13-14,16H2,1-3H3,(H,25,30). The van der Waals surface area contributed by atoms with Crippen LogP contribution in [0.25, 0.3) is 5.69 Å². The van der Waals surface area contributed by atoms with E-state index in [2.05, 4.69) is 57.7 Å². The minimum absolute atomic E-state index is 0.173. The molecule has 2 aromatic carbocycles. The van der Waals surface area contributed by atoms with Gasteiger partial charge in [0.1, 0.15) is 0 Å². The van der Waals surface area contributed by atoms with Gasteiger partial charge in [0.25, 0.3) is 5.91 Å². The van der Waals surface area contributed by atoms with E-state index in [1.54, 1.807) is 4.80 Å². The second-order valence-corrected chi connectivity index (χ2v) is 8.09. The van der Waals surface area contributed by atoms with Gasteiger partial charge in [0.15, 0.2) is 5.69 Å². The topological polar surface area (TPSA) is 63.1 Å². The van der Waals surface area contributed by atoms with Gasteiger partial charge in [0.2, 0.25) is 0 Å². The summed E-state index contributed by atoms with van der Waals surface area (Å²) < 4.78 is 0. The van der Waals surface area contributed by atoms with Crippen LogP contribution in [-0.4, -0.2) is 45.4 Å². The summed E-state index contributed by atoms with van der Waals surface area (Å²) in [6.45, 7) is 8.60. The second kappa shape index (κ2) is 8.79. The predicted molar refractivity (Wildman–Crippen MR) is 118 cm³/mol. The van der Waals surface area contributed by atoms with Crippen molar-refractivity contribution in [3.05, 3.63) is 76.6 Å². The van der Waals surface area contributed by atoms with E-state index in [1.165, 1.54) is 24.0 Å². The molecular weight excluding hydrogens is 374 g/mol. The highest BCUT2D eigenvalue weighted by atomic mass is 16.2. The molecule has 1 atom stereocenters. The highest BCUT2D eigenvalue weighted by molar-refractivity contribution is 5.93. The fourth-order valence-electron chi connectivity index (χ4n) is 4.19. The van der Waals surface area contributed by atoms with Crippen molar-refractivity contribution < 1.29 is 4.79 Å². The molecule has 0 aliphatic carbocycles. The predicted octanol–water partition coefficient (Wildman–Crippen LogP) is 3.76. The largest absolute Gasteiger partial charge is 0.349 e. The Balaban J connectivity index is 1.51. The first-order chi connectivity index (χ1) is 14.5. The van der Waals surface area contributed by atoms with Crippen molar-refractivity contribution in [2.24, 2.45) is 0 Å². The van der Waals surface area contributed by atoms with Crippen LogP contribution >= 0.6 is 0 Å². The molecule has 1 saturated heterocycles. The Hall–Kier alpha value is -2.99. The number of carbonyl (C=O) groups is 1. The number of benzene rings is 2. The number of carbonyl (C=O) groups excluding carboxylic acids is 1. The van der Waals surface area contributed by atoms with Gasteiger partial charge in [-0.3, -0.25) is 9.69 Å². The van der Waals surface area contributed by atoms with Crippen molar-refractivity contribution >= 4 is 5.91 Å². The summed E-state index contributed by atoms with van der Waals surface area (Å²) in [6, 6.07) is 16.7. The molecule has 1 aliphatic heterocycles. The third kappa shape index (κ3) is 4.28. The summed E-state index contributed by atoms with van der Waals surface area (Å²) in [4.78, 5) is 17.0. The SMILES string of the molecule is Cc1ccc(-n2nc(C)c(C(=O)NCC(c3ccccc3)N3CCCC3)n2)c(C)c1. The average molecular weight is 404 g/mol. The first-order valence-electron chi connectivity index (χ1n) is 10.6. The lowest BCUT2D eigenvalue weighted by molar-refractivity contribution is 0.0932. The van der Waals surface area contributed by atoms with Crippen LogP contribution in [-0.2, 0) is 0 Å². The van der Waals surface area contributed by atoms with Crippen LogP contribution in [0.5, 0.6) is 0 Å². The molecule has 1 amide bonds. The summed E-state index contributed by atoms with van der Waals surface area (Å²) in [5.41, 5.74) is 5.40. The summed E-state index contributed by atoms with van der Waals surface area (Å²) >= 11 is 0. The van der Waals surface area contributed by atoms with Gasteiger partial charge >= 0.3 is 0 Å². The van der Waals surface area contributed by atoms with Crippen LogP contribution in [0.2, 0.25) is 0 Å². The van der Waals surface area contributed by atoms with E-state index >= 15 is 0 Å². The fraction of sp³-hybridized carbons (Fsp3) is 0.375. The maximum Gasteiger partial charge on any atom is 0.273 e. The van der Waals surface area contributed by atoms with Crippen LogP contribution in [0.3, 0.4) is 0 Å². The third-order valence-electron chi connectivity index (χ3n) is 5.79. The molecule has 0 radical (unpaired) electrons. The molecule has 30 heavy (non-hydrogen) atoms. The molecule has 1 aromatic heterocycles. The molecule has 2 heterocycles. The molecule has 1 fully saturated rings. The zero-order valence-corrected chi connectivity index (χ0v) is 17.9. The van der Waals surface area contributed by atoms with E-state index in [9.17, 15) is 4.79 Å². The molecule has 1 N–H and O–H groups in total. The number of aromatic nitrogens is 3. The summed E-state index contributed by atoms with van der Waals surface area (Å²) in [7, 11) is 0. The molecule has 3 aromatic rings. The van der Waals surface area contributed by atoms with Crippen LogP contribution in [0.4, 0.5) is 0 Å². The van der Waals surface area contributed by atoms with E-state index in [1.807, 2.05) is 32.0 Å². The summed E-state index contributed by atoms with van der Waals surface area (Å²) in [5, 5.41) is 12.1. The number of hydrogen-bond acceptors (Lipinski definition) is 4. The fourth-order valence-corrected chi connectivity index (χ4v) is 4.19. The molecule has 0 bridgehead atoms. The first-order valence-corrected chi connectivity index (χ1v) is 10.6. The van der Waals surface area contributed by atoms with E-state index in [0.29, 0.717) is 17.9 Å². The van der Waals surface area contributed by atoms with Gasteiger partial charge < -0.3 is 5.32 Å². The Kier molecular flexibility index (Phi) is 5.95. The van der Waals surface area contributed by atoms with Gasteiger partial charge in [-0.2, -0.15) is 9.90 Å². The molecule has 156 valence electrons. The molecular formula is C24H29N5O. The highest BCUT2D eigenvalue weighted by Crippen LogP contribution is 2.24. The zero-order chi connectivity index (χ0) is 21.1. The smallest absolute Gasteiger partial charge is 0.273 e. The van der Waals surface area contributed by atoms with Crippen molar-refractivity contribution in [1.82, 2.24) is 25.2 Å². The van der Waals surface area contributed by atoms with E-state index in [4.69, 9.17) is 0 Å². The Morgan fingerprint density at radius 2 is 1.77 bits per heavy atom. The zero-order valence-electron chi connectivity index (χ0n) is 17.9. The third-order valence-corrected chi connectivity index (χ3v) is 5.79. The van der Waals surface area contributed by atoms with Crippen LogP contribution in [0.15, 0.2) is 48.5 Å². The average Bonchev–Trinajstić information content (AvgIpc) is 3.39. The lowest BCUT2D eigenvalue weighted by Gasteiger charge is -2.28. The van der Waals surface area contributed by atoms with Crippen molar-refractivity contribution in [3.63, 3.8) is 0 Å². The van der Waals surface area contributed by atoms with Crippen molar-refractivity contribution in [2.75, 3.05) is 19.6 Å². The van der Waals surface area contributed by atoms with Crippen molar-refractivity contribution in [1.29, 1.82) is 0 Å². The monoisotopic (exact) mass is 403 g/mol. The maximum absolute atomic E-state index is 13.0. The Morgan fingerprint density at radius 3 is 2.47 bits per heavy atom. The molecule has 0 saturated carbocycles. The normalized spacial score (nSPS) is 15.3. The quantitative estimate of drug-likeness (QED) is 0.681.